The Morgan fingerprint density at radius 3 is 1.33 bits per heavy atom. The van der Waals surface area contributed by atoms with E-state index in [0.717, 1.165) is 0 Å². The van der Waals surface area contributed by atoms with Crippen LogP contribution in [0.25, 0.3) is 0 Å². The molecule has 0 aliphatic heterocycles. The quantitative estimate of drug-likeness (QED) is 0.429. The van der Waals surface area contributed by atoms with Gasteiger partial charge in [0.25, 0.3) is 0 Å². The third kappa shape index (κ3) is 20.2. The summed E-state index contributed by atoms with van der Waals surface area (Å²) in [5.74, 6) is 0. The maximum Gasteiger partial charge on any atom is 0.671 e. The minimum absolute atomic E-state index is 0. The molecule has 0 aromatic rings. The van der Waals surface area contributed by atoms with Gasteiger partial charge < -0.3 is 38.2 Å². The highest BCUT2D eigenvalue weighted by atomic mass is 28.4. The first-order chi connectivity index (χ1) is 6.41. The second kappa shape index (κ2) is 12.2. The van der Waals surface area contributed by atoms with Crippen molar-refractivity contribution in [3.8, 4) is 0 Å². The Balaban J connectivity index is -0.000000180. The predicted molar refractivity (Wildman–Crippen MR) is 57.2 cm³/mol. The first kappa shape index (κ1) is 20.5. The van der Waals surface area contributed by atoms with Gasteiger partial charge in [0.2, 0.25) is 0 Å². The van der Waals surface area contributed by atoms with E-state index < -0.39 is 18.6 Å². The fraction of sp³-hybridized carbons (Fsp3) is 1.00. The molecule has 0 fully saturated rings. The van der Waals surface area contributed by atoms with Gasteiger partial charge in [-0.1, -0.05) is 0 Å². The average molecular weight is 263 g/mol. The fourth-order valence-electron chi connectivity index (χ4n) is 0.482. The summed E-state index contributed by atoms with van der Waals surface area (Å²) in [7, 11) is -1.11. The van der Waals surface area contributed by atoms with Gasteiger partial charge in [-0.25, -0.2) is 0 Å². The van der Waals surface area contributed by atoms with Gasteiger partial charge in [0, 0.05) is 27.9 Å². The molecule has 0 aliphatic carbocycles. The highest BCUT2D eigenvalue weighted by molar-refractivity contribution is 6.48. The number of hydrogen-bond acceptors (Lipinski definition) is 8. The van der Waals surface area contributed by atoms with E-state index in [1.165, 1.54) is 0 Å². The van der Waals surface area contributed by atoms with Crippen molar-refractivity contribution in [2.24, 2.45) is 0 Å². The first-order valence-corrected chi connectivity index (χ1v) is 6.97. The van der Waals surface area contributed by atoms with E-state index in [1.807, 2.05) is 0 Å². The van der Waals surface area contributed by atoms with E-state index in [2.05, 4.69) is 4.43 Å². The predicted octanol–water partition coefficient (Wildman–Crippen LogP) is -1.76. The van der Waals surface area contributed by atoms with Gasteiger partial charge in [-0.2, -0.15) is 0 Å². The molecule has 0 unspecified atom stereocenters. The molecule has 15 heavy (non-hydrogen) atoms. The molecule has 0 aliphatic rings. The van der Waals surface area contributed by atoms with Crippen LogP contribution in [0.2, 0.25) is 0 Å². The molecule has 8 nitrogen and oxygen atoms in total. The van der Waals surface area contributed by atoms with E-state index >= 15 is 0 Å². The second-order valence-electron chi connectivity index (χ2n) is 2.00. The van der Waals surface area contributed by atoms with Gasteiger partial charge in [0.1, 0.15) is 0 Å². The molecule has 0 saturated carbocycles. The van der Waals surface area contributed by atoms with Crippen molar-refractivity contribution in [2.75, 3.05) is 27.9 Å². The summed E-state index contributed by atoms with van der Waals surface area (Å²) in [6, 6.07) is 0. The Kier molecular flexibility index (Phi) is 16.7. The molecular weight excluding hydrogens is 242 g/mol. The lowest BCUT2D eigenvalue weighted by Crippen LogP contribution is -2.38. The summed E-state index contributed by atoms with van der Waals surface area (Å²) < 4.78 is 18.3. The monoisotopic (exact) mass is 263 g/mol. The normalized spacial score (nSPS) is 10.4. The number of rotatable bonds is 5. The summed E-state index contributed by atoms with van der Waals surface area (Å²) in [5, 5.41) is 0. The summed E-state index contributed by atoms with van der Waals surface area (Å²) in [6.07, 6.45) is 0. The highest BCUT2D eigenvalue weighted by Gasteiger charge is 2.28. The topological polar surface area (TPSA) is 133 Å². The van der Waals surface area contributed by atoms with Crippen molar-refractivity contribution in [2.45, 2.75) is 6.92 Å². The van der Waals surface area contributed by atoms with Gasteiger partial charge >= 0.3 is 18.6 Å². The molecule has 0 bridgehead atoms. The minimum atomic E-state index is -4.16. The lowest BCUT2D eigenvalue weighted by Gasteiger charge is -2.05. The molecule has 0 amide bonds. The van der Waals surface area contributed by atoms with Crippen LogP contribution in [0, 0.1) is 0 Å². The Morgan fingerprint density at radius 1 is 1.00 bits per heavy atom. The summed E-state index contributed by atoms with van der Waals surface area (Å²) in [4.78, 5) is 24.1. The van der Waals surface area contributed by atoms with Crippen LogP contribution in [-0.2, 0) is 17.7 Å². The lowest BCUT2D eigenvalue weighted by atomic mass is 10.9. The zero-order valence-corrected chi connectivity index (χ0v) is 11.6. The highest BCUT2D eigenvalue weighted by Crippen LogP contribution is 1.85. The Morgan fingerprint density at radius 2 is 1.33 bits per heavy atom. The Bertz CT molecular complexity index is 113. The minimum Gasteiger partial charge on any atom is -0.379 e. The van der Waals surface area contributed by atoms with Crippen LogP contribution >= 0.6 is 0 Å². The molecule has 0 aromatic carbocycles. The van der Waals surface area contributed by atoms with Gasteiger partial charge in [0.05, 0.1) is 0 Å². The van der Waals surface area contributed by atoms with Crippen LogP contribution in [0.3, 0.4) is 0 Å². The van der Waals surface area contributed by atoms with Gasteiger partial charge in [-0.05, 0) is 6.92 Å². The largest absolute Gasteiger partial charge is 0.671 e. The summed E-state index contributed by atoms with van der Waals surface area (Å²) >= 11 is 0. The molecule has 10 heteroatoms. The van der Waals surface area contributed by atoms with Crippen molar-refractivity contribution in [3.63, 3.8) is 0 Å². The molecule has 0 saturated heterocycles. The van der Waals surface area contributed by atoms with Gasteiger partial charge in [-0.15, -0.1) is 0 Å². The van der Waals surface area contributed by atoms with E-state index in [9.17, 15) is 0 Å². The molecule has 0 rings (SSSR count). The third-order valence-electron chi connectivity index (χ3n) is 0.915. The van der Waals surface area contributed by atoms with E-state index in [1.54, 1.807) is 28.3 Å². The van der Waals surface area contributed by atoms with E-state index in [-0.39, 0.29) is 12.8 Å². The molecular formula is C5H21NO7Si2. The first-order valence-electron chi connectivity index (χ1n) is 3.80. The molecule has 96 valence electrons. The fourth-order valence-corrected chi connectivity index (χ4v) is 1.45. The van der Waals surface area contributed by atoms with Crippen LogP contribution in [0.4, 0.5) is 0 Å². The summed E-state index contributed by atoms with van der Waals surface area (Å²) in [5.41, 5.74) is 0. The molecule has 0 aromatic heterocycles. The lowest BCUT2D eigenvalue weighted by molar-refractivity contribution is 0.0687. The third-order valence-corrected chi connectivity index (χ3v) is 2.75. The molecule has 0 atom stereocenters. The van der Waals surface area contributed by atoms with E-state index in [4.69, 9.17) is 27.7 Å². The SMILES string of the molecule is CCO[Si](O)(O)O.CO[SiH](OC)OC.N. The van der Waals surface area contributed by atoms with Crippen LogP contribution in [-0.4, -0.2) is 60.9 Å². The molecule has 0 heterocycles. The maximum atomic E-state index is 8.05. The molecule has 0 spiro atoms. The van der Waals surface area contributed by atoms with Crippen molar-refractivity contribution in [1.29, 1.82) is 0 Å². The zero-order chi connectivity index (χ0) is 11.6. The molecule has 0 radical (unpaired) electrons. The number of hydrogen-bond donors (Lipinski definition) is 4. The standard InChI is InChI=1S/C3H10O3Si.C2H8O4Si.H3N/c1-4-7(5-2)6-3;1-2-6-7(3,4)5;/h7H,1-3H3;3-5H,2H2,1H3;1H3. The van der Waals surface area contributed by atoms with Crippen LogP contribution < -0.4 is 6.15 Å². The van der Waals surface area contributed by atoms with Crippen molar-refractivity contribution < 1.29 is 32.1 Å². The van der Waals surface area contributed by atoms with Gasteiger partial charge in [-0.3, -0.25) is 0 Å². The van der Waals surface area contributed by atoms with E-state index in [0.29, 0.717) is 0 Å². The van der Waals surface area contributed by atoms with Crippen LogP contribution in [0.5, 0.6) is 0 Å². The van der Waals surface area contributed by atoms with Crippen LogP contribution in [0.1, 0.15) is 6.92 Å². The van der Waals surface area contributed by atoms with Gasteiger partial charge in [0.15, 0.2) is 0 Å². The average Bonchev–Trinajstić information content (AvgIpc) is 2.06. The van der Waals surface area contributed by atoms with Crippen molar-refractivity contribution in [1.82, 2.24) is 6.15 Å². The van der Waals surface area contributed by atoms with Crippen molar-refractivity contribution in [3.05, 3.63) is 0 Å². The summed E-state index contributed by atoms with van der Waals surface area (Å²) in [6.45, 7) is 1.68. The smallest absolute Gasteiger partial charge is 0.379 e. The van der Waals surface area contributed by atoms with Crippen molar-refractivity contribution >= 4 is 18.6 Å². The maximum absolute atomic E-state index is 8.05. The Labute approximate surface area is 92.4 Å². The second-order valence-corrected chi connectivity index (χ2v) is 5.43. The molecule has 6 N–H and O–H groups in total. The Hall–Kier alpha value is 0.114. The zero-order valence-electron chi connectivity index (χ0n) is 9.47. The van der Waals surface area contributed by atoms with Crippen LogP contribution in [0.15, 0.2) is 0 Å².